The first kappa shape index (κ1) is 23.4. The molecule has 0 radical (unpaired) electrons. The van der Waals surface area contributed by atoms with Crippen molar-refractivity contribution in [2.75, 3.05) is 7.05 Å². The number of benzene rings is 1. The van der Waals surface area contributed by atoms with Gasteiger partial charge in [0.1, 0.15) is 17.1 Å². The van der Waals surface area contributed by atoms with Crippen LogP contribution >= 0.6 is 0 Å². The number of nitrogens with zero attached hydrogens (tertiary/aromatic N) is 4. The first-order chi connectivity index (χ1) is 14.9. The highest BCUT2D eigenvalue weighted by molar-refractivity contribution is 7.91. The zero-order valence-electron chi connectivity index (χ0n) is 18.5. The van der Waals surface area contributed by atoms with E-state index in [0.717, 1.165) is 4.68 Å². The van der Waals surface area contributed by atoms with Gasteiger partial charge in [-0.3, -0.25) is 4.98 Å². The summed E-state index contributed by atoms with van der Waals surface area (Å²) in [7, 11) is -2.56. The Hall–Kier alpha value is -3.27. The minimum Gasteiger partial charge on any atom is -0.444 e. The molecule has 0 saturated carbocycles. The Morgan fingerprint density at radius 3 is 2.53 bits per heavy atom. The van der Waals surface area contributed by atoms with Crippen molar-refractivity contribution in [2.24, 2.45) is 0 Å². The highest BCUT2D eigenvalue weighted by Crippen LogP contribution is 2.26. The van der Waals surface area contributed by atoms with Gasteiger partial charge in [-0.2, -0.15) is 5.10 Å². The molecule has 2 heterocycles. The fourth-order valence-electron chi connectivity index (χ4n) is 2.91. The summed E-state index contributed by atoms with van der Waals surface area (Å²) in [5.41, 5.74) is 0.217. The molecular formula is C22H25FN4O4S. The van der Waals surface area contributed by atoms with Crippen molar-refractivity contribution in [3.05, 3.63) is 65.9 Å². The standard InChI is InChI=1S/C22H25FN4O4S/c1-15-8-9-19(18(23)11-15)27-20(32(29,30)17-7-6-10-24-13-17)12-16(25-27)14-26(5)21(28)31-22(2,3)4/h6-13H,14H2,1-5H3. The van der Waals surface area contributed by atoms with Crippen molar-refractivity contribution in [3.8, 4) is 5.69 Å². The van der Waals surface area contributed by atoms with Gasteiger partial charge in [0.2, 0.25) is 9.84 Å². The van der Waals surface area contributed by atoms with Crippen LogP contribution in [-0.2, 0) is 21.1 Å². The number of carbonyl (C=O) groups excluding carboxylic acids is 1. The van der Waals surface area contributed by atoms with Crippen LogP contribution in [0.1, 0.15) is 32.0 Å². The van der Waals surface area contributed by atoms with Gasteiger partial charge in [-0.15, -0.1) is 0 Å². The third-order valence-electron chi connectivity index (χ3n) is 4.38. The Morgan fingerprint density at radius 2 is 1.94 bits per heavy atom. The molecule has 0 aliphatic rings. The normalized spacial score (nSPS) is 11.9. The molecule has 0 unspecified atom stereocenters. The summed E-state index contributed by atoms with van der Waals surface area (Å²) in [4.78, 5) is 17.4. The summed E-state index contributed by atoms with van der Waals surface area (Å²) in [5.74, 6) is -0.622. The molecule has 8 nitrogen and oxygen atoms in total. The molecule has 0 aliphatic carbocycles. The summed E-state index contributed by atoms with van der Waals surface area (Å²) in [6, 6.07) is 8.63. The van der Waals surface area contributed by atoms with E-state index in [0.29, 0.717) is 5.56 Å². The Balaban J connectivity index is 2.08. The van der Waals surface area contributed by atoms with Gasteiger partial charge < -0.3 is 9.64 Å². The fourth-order valence-corrected chi connectivity index (χ4v) is 4.27. The fraction of sp³-hybridized carbons (Fsp3) is 0.318. The van der Waals surface area contributed by atoms with Gasteiger partial charge in [0, 0.05) is 25.5 Å². The van der Waals surface area contributed by atoms with Gasteiger partial charge in [0.25, 0.3) is 0 Å². The van der Waals surface area contributed by atoms with Crippen molar-refractivity contribution in [1.29, 1.82) is 0 Å². The second-order valence-electron chi connectivity index (χ2n) is 8.37. The lowest BCUT2D eigenvalue weighted by Crippen LogP contribution is -2.33. The van der Waals surface area contributed by atoms with Crippen molar-refractivity contribution in [3.63, 3.8) is 0 Å². The molecule has 170 valence electrons. The van der Waals surface area contributed by atoms with Crippen LogP contribution in [0, 0.1) is 12.7 Å². The smallest absolute Gasteiger partial charge is 0.410 e. The van der Waals surface area contributed by atoms with Crippen LogP contribution in [0.3, 0.4) is 0 Å². The number of ether oxygens (including phenoxy) is 1. The van der Waals surface area contributed by atoms with Gasteiger partial charge in [-0.25, -0.2) is 22.3 Å². The SMILES string of the molecule is Cc1ccc(-n2nc(CN(C)C(=O)OC(C)(C)C)cc2S(=O)(=O)c2cccnc2)c(F)c1. The molecule has 0 bridgehead atoms. The summed E-state index contributed by atoms with van der Waals surface area (Å²) < 4.78 is 47.7. The predicted molar refractivity (Wildman–Crippen MR) is 116 cm³/mol. The Morgan fingerprint density at radius 1 is 1.22 bits per heavy atom. The maximum atomic E-state index is 14.7. The van der Waals surface area contributed by atoms with Gasteiger partial charge in [-0.05, 0) is 57.5 Å². The molecule has 1 aromatic carbocycles. The molecule has 0 saturated heterocycles. The number of aromatic nitrogens is 3. The van der Waals surface area contributed by atoms with Crippen LogP contribution in [0.2, 0.25) is 0 Å². The number of pyridine rings is 1. The molecule has 0 spiro atoms. The second kappa shape index (κ2) is 8.70. The predicted octanol–water partition coefficient (Wildman–Crippen LogP) is 3.91. The van der Waals surface area contributed by atoms with Crippen LogP contribution < -0.4 is 0 Å². The number of hydrogen-bond acceptors (Lipinski definition) is 6. The maximum Gasteiger partial charge on any atom is 0.410 e. The molecule has 3 rings (SSSR count). The van der Waals surface area contributed by atoms with Gasteiger partial charge in [0.05, 0.1) is 17.1 Å². The van der Waals surface area contributed by atoms with Crippen LogP contribution in [0.4, 0.5) is 9.18 Å². The quantitative estimate of drug-likeness (QED) is 0.573. The van der Waals surface area contributed by atoms with Gasteiger partial charge in [0.15, 0.2) is 5.03 Å². The van der Waals surface area contributed by atoms with Gasteiger partial charge >= 0.3 is 6.09 Å². The molecule has 0 aliphatic heterocycles. The minimum atomic E-state index is -4.07. The number of sulfone groups is 1. The van der Waals surface area contributed by atoms with E-state index in [1.54, 1.807) is 33.8 Å². The van der Waals surface area contributed by atoms with E-state index >= 15 is 0 Å². The number of aryl methyl sites for hydroxylation is 1. The number of hydrogen-bond donors (Lipinski definition) is 0. The first-order valence-electron chi connectivity index (χ1n) is 9.83. The summed E-state index contributed by atoms with van der Waals surface area (Å²) in [5, 5.41) is 4.07. The lowest BCUT2D eigenvalue weighted by Gasteiger charge is -2.24. The van der Waals surface area contributed by atoms with Crippen LogP contribution in [-0.4, -0.2) is 46.8 Å². The highest BCUT2D eigenvalue weighted by atomic mass is 32.2. The minimum absolute atomic E-state index is 0.0239. The molecule has 10 heteroatoms. The Bertz CT molecular complexity index is 1230. The molecule has 0 N–H and O–H groups in total. The molecule has 0 fully saturated rings. The maximum absolute atomic E-state index is 14.7. The zero-order chi connectivity index (χ0) is 23.7. The van der Waals surface area contributed by atoms with Crippen molar-refractivity contribution in [2.45, 2.75) is 49.8 Å². The molecule has 0 atom stereocenters. The number of carbonyl (C=O) groups is 1. The molecule has 3 aromatic rings. The topological polar surface area (TPSA) is 94.4 Å². The average molecular weight is 461 g/mol. The molecule has 2 aromatic heterocycles. The lowest BCUT2D eigenvalue weighted by atomic mass is 10.2. The third kappa shape index (κ3) is 5.13. The van der Waals surface area contributed by atoms with E-state index < -0.39 is 27.3 Å². The van der Waals surface area contributed by atoms with Crippen LogP contribution in [0.5, 0.6) is 0 Å². The van der Waals surface area contributed by atoms with E-state index in [1.807, 2.05) is 0 Å². The molecule has 1 amide bonds. The first-order valence-corrected chi connectivity index (χ1v) is 11.3. The van der Waals surface area contributed by atoms with E-state index in [1.165, 1.54) is 54.7 Å². The largest absolute Gasteiger partial charge is 0.444 e. The molecule has 32 heavy (non-hydrogen) atoms. The number of halogens is 1. The zero-order valence-corrected chi connectivity index (χ0v) is 19.4. The summed E-state index contributed by atoms with van der Waals surface area (Å²) in [6.45, 7) is 6.92. The van der Waals surface area contributed by atoms with E-state index in [2.05, 4.69) is 10.1 Å². The monoisotopic (exact) mass is 460 g/mol. The van der Waals surface area contributed by atoms with Gasteiger partial charge in [-0.1, -0.05) is 6.07 Å². The highest BCUT2D eigenvalue weighted by Gasteiger charge is 2.28. The Kier molecular flexibility index (Phi) is 6.36. The second-order valence-corrected chi connectivity index (χ2v) is 10.3. The van der Waals surface area contributed by atoms with Crippen LogP contribution in [0.25, 0.3) is 5.69 Å². The third-order valence-corrected chi connectivity index (χ3v) is 6.09. The van der Waals surface area contributed by atoms with E-state index in [-0.39, 0.29) is 27.8 Å². The van der Waals surface area contributed by atoms with Crippen molar-refractivity contribution >= 4 is 15.9 Å². The summed E-state index contributed by atoms with van der Waals surface area (Å²) >= 11 is 0. The number of amides is 1. The summed E-state index contributed by atoms with van der Waals surface area (Å²) in [6.07, 6.45) is 2.08. The van der Waals surface area contributed by atoms with Crippen molar-refractivity contribution < 1.29 is 22.3 Å². The molecular weight excluding hydrogens is 435 g/mol. The number of rotatable bonds is 5. The average Bonchev–Trinajstić information content (AvgIpc) is 3.11. The van der Waals surface area contributed by atoms with E-state index in [4.69, 9.17) is 4.74 Å². The van der Waals surface area contributed by atoms with Crippen molar-refractivity contribution in [1.82, 2.24) is 19.7 Å². The lowest BCUT2D eigenvalue weighted by molar-refractivity contribution is 0.0283. The van der Waals surface area contributed by atoms with E-state index in [9.17, 15) is 17.6 Å². The van der Waals surface area contributed by atoms with Crippen LogP contribution in [0.15, 0.2) is 58.7 Å². The Labute approximate surface area is 186 Å².